The zero-order chi connectivity index (χ0) is 16.1. The number of nitrogens with one attached hydrogen (secondary N) is 1. The molecule has 0 saturated heterocycles. The molecule has 1 aromatic carbocycles. The predicted molar refractivity (Wildman–Crippen MR) is 79.3 cm³/mol. The summed E-state index contributed by atoms with van der Waals surface area (Å²) in [5.74, 6) is -0.941. The smallest absolute Gasteiger partial charge is 0.338 e. The number of hydrogen-bond acceptors (Lipinski definition) is 4. The van der Waals surface area contributed by atoms with Gasteiger partial charge in [-0.2, -0.15) is 0 Å². The van der Waals surface area contributed by atoms with Crippen molar-refractivity contribution in [2.45, 2.75) is 20.0 Å². The van der Waals surface area contributed by atoms with Gasteiger partial charge in [0.2, 0.25) is 0 Å². The molecular weight excluding hydrogens is 286 g/mol. The largest absolute Gasteiger partial charge is 0.489 e. The van der Waals surface area contributed by atoms with Crippen molar-refractivity contribution in [3.05, 3.63) is 53.5 Å². The molecule has 116 valence electrons. The molecule has 0 fully saturated rings. The number of carboxylic acid groups (broad SMARTS) is 1. The van der Waals surface area contributed by atoms with E-state index in [2.05, 4.69) is 5.32 Å². The Hall–Kier alpha value is -2.76. The normalized spacial score (nSPS) is 11.7. The molecule has 1 atom stereocenters. The minimum Gasteiger partial charge on any atom is -0.489 e. The van der Waals surface area contributed by atoms with E-state index in [4.69, 9.17) is 14.3 Å². The van der Waals surface area contributed by atoms with E-state index in [1.165, 1.54) is 6.07 Å². The maximum absolute atomic E-state index is 11.8. The summed E-state index contributed by atoms with van der Waals surface area (Å²) < 4.78 is 10.6. The molecule has 0 spiro atoms. The third-order valence-electron chi connectivity index (χ3n) is 2.98. The Bertz CT molecular complexity index is 659. The number of amides is 1. The van der Waals surface area contributed by atoms with E-state index >= 15 is 0 Å². The van der Waals surface area contributed by atoms with Gasteiger partial charge in [-0.05, 0) is 26.0 Å². The monoisotopic (exact) mass is 303 g/mol. The van der Waals surface area contributed by atoms with Crippen LogP contribution in [-0.2, 0) is 0 Å². The summed E-state index contributed by atoms with van der Waals surface area (Å²) in [4.78, 5) is 22.5. The number of carbonyl (C=O) groups is 2. The molecule has 0 bridgehead atoms. The van der Waals surface area contributed by atoms with E-state index in [0.29, 0.717) is 0 Å². The third kappa shape index (κ3) is 4.12. The molecule has 2 rings (SSSR count). The highest BCUT2D eigenvalue weighted by atomic mass is 16.5. The minimum atomic E-state index is -1.14. The summed E-state index contributed by atoms with van der Waals surface area (Å²) in [5.41, 5.74) is 1.08. The topological polar surface area (TPSA) is 88.8 Å². The number of aromatic carboxylic acids is 1. The van der Waals surface area contributed by atoms with Gasteiger partial charge in [0.1, 0.15) is 18.1 Å². The molecule has 0 aliphatic rings. The molecule has 0 saturated carbocycles. The Balaban J connectivity index is 1.84. The summed E-state index contributed by atoms with van der Waals surface area (Å²) in [6, 6.07) is 8.79. The second-order valence-electron chi connectivity index (χ2n) is 4.96. The van der Waals surface area contributed by atoms with Crippen molar-refractivity contribution in [2.75, 3.05) is 6.54 Å². The van der Waals surface area contributed by atoms with Crippen LogP contribution in [0, 0.1) is 6.92 Å². The fourth-order valence-corrected chi connectivity index (χ4v) is 1.78. The van der Waals surface area contributed by atoms with Gasteiger partial charge in [-0.3, -0.25) is 4.79 Å². The molecule has 0 aliphatic heterocycles. The van der Waals surface area contributed by atoms with Crippen LogP contribution in [0.5, 0.6) is 5.75 Å². The van der Waals surface area contributed by atoms with Crippen LogP contribution >= 0.6 is 0 Å². The van der Waals surface area contributed by atoms with Gasteiger partial charge in [0, 0.05) is 6.07 Å². The van der Waals surface area contributed by atoms with Crippen LogP contribution < -0.4 is 10.1 Å². The quantitative estimate of drug-likeness (QED) is 0.856. The molecule has 6 nitrogen and oxygen atoms in total. The van der Waals surface area contributed by atoms with Crippen molar-refractivity contribution in [1.82, 2.24) is 5.32 Å². The van der Waals surface area contributed by atoms with Crippen LogP contribution in [0.3, 0.4) is 0 Å². The first kappa shape index (κ1) is 15.6. The molecule has 0 radical (unpaired) electrons. The Morgan fingerprint density at radius 2 is 2.00 bits per heavy atom. The van der Waals surface area contributed by atoms with Crippen LogP contribution in [0.4, 0.5) is 0 Å². The van der Waals surface area contributed by atoms with E-state index in [0.717, 1.165) is 17.6 Å². The van der Waals surface area contributed by atoms with E-state index in [1.807, 2.05) is 38.1 Å². The van der Waals surface area contributed by atoms with Crippen LogP contribution in [0.2, 0.25) is 0 Å². The van der Waals surface area contributed by atoms with E-state index in [1.54, 1.807) is 0 Å². The van der Waals surface area contributed by atoms with Crippen LogP contribution in [0.15, 0.2) is 41.0 Å². The van der Waals surface area contributed by atoms with Crippen LogP contribution in [0.25, 0.3) is 0 Å². The minimum absolute atomic E-state index is 0.0417. The third-order valence-corrected chi connectivity index (χ3v) is 2.98. The SMILES string of the molecule is Cc1ccc(OC(C)CNC(=O)c2cc(C(=O)O)co2)cc1. The summed E-state index contributed by atoms with van der Waals surface area (Å²) >= 11 is 0. The second kappa shape index (κ2) is 6.80. The Kier molecular flexibility index (Phi) is 4.83. The lowest BCUT2D eigenvalue weighted by molar-refractivity contribution is 0.0696. The highest BCUT2D eigenvalue weighted by molar-refractivity contribution is 5.95. The average Bonchev–Trinajstić information content (AvgIpc) is 2.97. The van der Waals surface area contributed by atoms with Gasteiger partial charge in [0.05, 0.1) is 12.1 Å². The lowest BCUT2D eigenvalue weighted by atomic mass is 10.2. The lowest BCUT2D eigenvalue weighted by Crippen LogP contribution is -2.33. The number of furan rings is 1. The van der Waals surface area contributed by atoms with Crippen molar-refractivity contribution in [3.8, 4) is 5.75 Å². The number of hydrogen-bond donors (Lipinski definition) is 2. The first-order chi connectivity index (χ1) is 10.5. The summed E-state index contributed by atoms with van der Waals surface area (Å²) in [6.45, 7) is 4.09. The number of carboxylic acids is 1. The summed E-state index contributed by atoms with van der Waals surface area (Å²) in [6.07, 6.45) is 0.796. The number of carbonyl (C=O) groups excluding carboxylic acids is 1. The molecule has 2 N–H and O–H groups in total. The number of ether oxygens (including phenoxy) is 1. The van der Waals surface area contributed by atoms with Gasteiger partial charge in [-0.25, -0.2) is 4.79 Å². The molecule has 1 amide bonds. The Morgan fingerprint density at radius 3 is 2.59 bits per heavy atom. The van der Waals surface area contributed by atoms with Gasteiger partial charge in [-0.15, -0.1) is 0 Å². The predicted octanol–water partition coefficient (Wildman–Crippen LogP) is 2.48. The first-order valence-electron chi connectivity index (χ1n) is 6.79. The van der Waals surface area contributed by atoms with Gasteiger partial charge in [-0.1, -0.05) is 17.7 Å². The lowest BCUT2D eigenvalue weighted by Gasteiger charge is -2.15. The van der Waals surface area contributed by atoms with E-state index < -0.39 is 11.9 Å². The molecule has 6 heteroatoms. The number of aryl methyl sites for hydroxylation is 1. The molecule has 1 unspecified atom stereocenters. The maximum Gasteiger partial charge on any atom is 0.338 e. The molecule has 1 heterocycles. The second-order valence-corrected chi connectivity index (χ2v) is 4.96. The zero-order valence-electron chi connectivity index (χ0n) is 12.3. The molecule has 22 heavy (non-hydrogen) atoms. The van der Waals surface area contributed by atoms with Crippen molar-refractivity contribution in [2.24, 2.45) is 0 Å². The van der Waals surface area contributed by atoms with Gasteiger partial charge >= 0.3 is 5.97 Å². The fourth-order valence-electron chi connectivity index (χ4n) is 1.78. The average molecular weight is 303 g/mol. The molecule has 0 aliphatic carbocycles. The number of rotatable bonds is 6. The van der Waals surface area contributed by atoms with E-state index in [9.17, 15) is 9.59 Å². The van der Waals surface area contributed by atoms with Gasteiger partial charge in [0.15, 0.2) is 5.76 Å². The van der Waals surface area contributed by atoms with E-state index in [-0.39, 0.29) is 24.0 Å². The maximum atomic E-state index is 11.8. The highest BCUT2D eigenvalue weighted by Crippen LogP contribution is 2.13. The zero-order valence-corrected chi connectivity index (χ0v) is 12.3. The fraction of sp³-hybridized carbons (Fsp3) is 0.250. The first-order valence-corrected chi connectivity index (χ1v) is 6.79. The summed E-state index contributed by atoms with van der Waals surface area (Å²) in [5, 5.41) is 11.4. The van der Waals surface area contributed by atoms with Crippen molar-refractivity contribution in [1.29, 1.82) is 0 Å². The van der Waals surface area contributed by atoms with Crippen molar-refractivity contribution >= 4 is 11.9 Å². The highest BCUT2D eigenvalue weighted by Gasteiger charge is 2.15. The summed E-state index contributed by atoms with van der Waals surface area (Å²) in [7, 11) is 0. The van der Waals surface area contributed by atoms with Gasteiger partial charge in [0.25, 0.3) is 5.91 Å². The Labute approximate surface area is 127 Å². The van der Waals surface area contributed by atoms with Crippen molar-refractivity contribution < 1.29 is 23.8 Å². The van der Waals surface area contributed by atoms with Crippen LogP contribution in [0.1, 0.15) is 33.4 Å². The molecule has 1 aromatic heterocycles. The Morgan fingerprint density at radius 1 is 1.32 bits per heavy atom. The standard InChI is InChI=1S/C16H17NO5/c1-10-3-5-13(6-4-10)22-11(2)8-17-15(18)14-7-12(9-21-14)16(19)20/h3-7,9,11H,8H2,1-2H3,(H,17,18)(H,19,20). The molecular formula is C16H17NO5. The van der Waals surface area contributed by atoms with Crippen LogP contribution in [-0.4, -0.2) is 29.6 Å². The number of benzene rings is 1. The van der Waals surface area contributed by atoms with Crippen molar-refractivity contribution in [3.63, 3.8) is 0 Å². The molecule has 2 aromatic rings. The van der Waals surface area contributed by atoms with Gasteiger partial charge < -0.3 is 19.6 Å².